The van der Waals surface area contributed by atoms with Gasteiger partial charge in [0.15, 0.2) is 6.10 Å². The van der Waals surface area contributed by atoms with Crippen molar-refractivity contribution in [2.75, 3.05) is 13.2 Å². The van der Waals surface area contributed by atoms with Crippen LogP contribution < -0.4 is 0 Å². The van der Waals surface area contributed by atoms with Crippen LogP contribution in [-0.2, 0) is 28.6 Å². The first kappa shape index (κ1) is 59.4. The molecular weight excluding hydrogens is 757 g/mol. The summed E-state index contributed by atoms with van der Waals surface area (Å²) in [5, 5.41) is 0. The van der Waals surface area contributed by atoms with E-state index < -0.39 is 6.10 Å². The maximum atomic E-state index is 12.8. The molecular formula is C55H106O6. The minimum absolute atomic E-state index is 0.0638. The van der Waals surface area contributed by atoms with Gasteiger partial charge in [0, 0.05) is 19.3 Å². The summed E-state index contributed by atoms with van der Waals surface area (Å²) >= 11 is 0. The molecule has 0 saturated carbocycles. The van der Waals surface area contributed by atoms with Gasteiger partial charge in [0.25, 0.3) is 0 Å². The van der Waals surface area contributed by atoms with E-state index in [1.165, 1.54) is 193 Å². The van der Waals surface area contributed by atoms with Gasteiger partial charge in [-0.3, -0.25) is 14.4 Å². The van der Waals surface area contributed by atoms with Gasteiger partial charge in [0.05, 0.1) is 0 Å². The van der Waals surface area contributed by atoms with Gasteiger partial charge < -0.3 is 14.2 Å². The molecule has 6 nitrogen and oxygen atoms in total. The Kier molecular flexibility index (Phi) is 46.6. The molecule has 0 fully saturated rings. The third-order valence-electron chi connectivity index (χ3n) is 12.8. The number of rotatable bonds is 49. The van der Waals surface area contributed by atoms with Gasteiger partial charge in [-0.15, -0.1) is 0 Å². The highest BCUT2D eigenvalue weighted by atomic mass is 16.6. The highest BCUT2D eigenvalue weighted by Crippen LogP contribution is 2.18. The second-order valence-corrected chi connectivity index (χ2v) is 19.6. The van der Waals surface area contributed by atoms with Crippen LogP contribution in [0.15, 0.2) is 0 Å². The SMILES string of the molecule is CCCCCCCCCCCCCCCCCCCC(=O)O[C@@H](COC(=O)CCCCCCCCCCCCC(C)CC)COC(=O)CCCCCCCCCCCC(C)C. The van der Waals surface area contributed by atoms with Crippen molar-refractivity contribution >= 4 is 17.9 Å². The summed E-state index contributed by atoms with van der Waals surface area (Å²) in [5.41, 5.74) is 0. The maximum absolute atomic E-state index is 12.8. The van der Waals surface area contributed by atoms with Gasteiger partial charge in [-0.2, -0.15) is 0 Å². The summed E-state index contributed by atoms with van der Waals surface area (Å²) in [4.78, 5) is 38.0. The third kappa shape index (κ3) is 47.7. The zero-order valence-corrected chi connectivity index (χ0v) is 41.8. The highest BCUT2D eigenvalue weighted by Gasteiger charge is 2.19. The van der Waals surface area contributed by atoms with E-state index in [0.717, 1.165) is 69.6 Å². The molecule has 0 aliphatic carbocycles. The van der Waals surface area contributed by atoms with E-state index in [9.17, 15) is 14.4 Å². The van der Waals surface area contributed by atoms with Crippen LogP contribution in [0.3, 0.4) is 0 Å². The normalized spacial score (nSPS) is 12.5. The molecule has 61 heavy (non-hydrogen) atoms. The molecule has 0 spiro atoms. The van der Waals surface area contributed by atoms with Gasteiger partial charge in [0.2, 0.25) is 0 Å². The van der Waals surface area contributed by atoms with E-state index in [2.05, 4.69) is 34.6 Å². The molecule has 0 aromatic carbocycles. The van der Waals surface area contributed by atoms with E-state index in [1.807, 2.05) is 0 Å². The molecule has 0 saturated heterocycles. The van der Waals surface area contributed by atoms with Crippen LogP contribution in [0.2, 0.25) is 0 Å². The monoisotopic (exact) mass is 863 g/mol. The fourth-order valence-electron chi connectivity index (χ4n) is 8.31. The van der Waals surface area contributed by atoms with Crippen LogP contribution in [0.5, 0.6) is 0 Å². The van der Waals surface area contributed by atoms with Gasteiger partial charge in [-0.25, -0.2) is 0 Å². The van der Waals surface area contributed by atoms with Crippen LogP contribution in [0, 0.1) is 11.8 Å². The lowest BCUT2D eigenvalue weighted by Gasteiger charge is -2.18. The first-order chi connectivity index (χ1) is 29.8. The van der Waals surface area contributed by atoms with Crippen molar-refractivity contribution in [3.05, 3.63) is 0 Å². The van der Waals surface area contributed by atoms with Gasteiger partial charge >= 0.3 is 17.9 Å². The van der Waals surface area contributed by atoms with Crippen LogP contribution in [0.1, 0.15) is 304 Å². The zero-order chi connectivity index (χ0) is 44.7. The Morgan fingerprint density at radius 3 is 0.934 bits per heavy atom. The predicted molar refractivity (Wildman–Crippen MR) is 261 cm³/mol. The summed E-state index contributed by atoms with van der Waals surface area (Å²) < 4.78 is 16.8. The standard InChI is InChI=1S/C55H106O6/c1-6-8-9-10-11-12-13-14-15-16-17-18-19-26-32-37-42-47-55(58)61-52(49-60-54(57)46-41-36-31-27-22-23-28-33-38-43-50(3)4)48-59-53(56)45-40-35-30-25-21-20-24-29-34-39-44-51(5)7-2/h50-52H,6-49H2,1-5H3/t51?,52-/m0/s1. The predicted octanol–water partition coefficient (Wildman–Crippen LogP) is 17.7. The Bertz CT molecular complexity index is 933. The number of carbonyl (C=O) groups is 3. The van der Waals surface area contributed by atoms with Crippen molar-refractivity contribution in [1.29, 1.82) is 0 Å². The molecule has 2 atom stereocenters. The Labute approximate surface area is 380 Å². The minimum Gasteiger partial charge on any atom is -0.462 e. The van der Waals surface area contributed by atoms with Crippen molar-refractivity contribution in [1.82, 2.24) is 0 Å². The molecule has 0 aromatic rings. The Balaban J connectivity index is 4.31. The first-order valence-corrected chi connectivity index (χ1v) is 27.3. The highest BCUT2D eigenvalue weighted by molar-refractivity contribution is 5.71. The summed E-state index contributed by atoms with van der Waals surface area (Å²) in [6.45, 7) is 11.4. The number of esters is 3. The number of ether oxygens (including phenoxy) is 3. The van der Waals surface area contributed by atoms with Crippen LogP contribution in [-0.4, -0.2) is 37.2 Å². The fraction of sp³-hybridized carbons (Fsp3) is 0.945. The number of hydrogen-bond donors (Lipinski definition) is 0. The molecule has 362 valence electrons. The van der Waals surface area contributed by atoms with Crippen molar-refractivity contribution in [3.8, 4) is 0 Å². The lowest BCUT2D eigenvalue weighted by Crippen LogP contribution is -2.30. The molecule has 1 unspecified atom stereocenters. The maximum Gasteiger partial charge on any atom is 0.306 e. The Morgan fingerprint density at radius 1 is 0.344 bits per heavy atom. The van der Waals surface area contributed by atoms with Crippen molar-refractivity contribution in [2.45, 2.75) is 310 Å². The molecule has 0 bridgehead atoms. The molecule has 0 amide bonds. The number of carbonyl (C=O) groups excluding carboxylic acids is 3. The lowest BCUT2D eigenvalue weighted by molar-refractivity contribution is -0.167. The Morgan fingerprint density at radius 2 is 0.623 bits per heavy atom. The van der Waals surface area contributed by atoms with Gasteiger partial charge in [-0.05, 0) is 31.1 Å². The van der Waals surface area contributed by atoms with E-state index in [1.54, 1.807) is 0 Å². The average molecular weight is 863 g/mol. The van der Waals surface area contributed by atoms with Crippen molar-refractivity contribution in [2.24, 2.45) is 11.8 Å². The van der Waals surface area contributed by atoms with E-state index in [-0.39, 0.29) is 31.1 Å². The Hall–Kier alpha value is -1.59. The summed E-state index contributed by atoms with van der Waals surface area (Å²) in [5.74, 6) is 0.832. The van der Waals surface area contributed by atoms with E-state index in [0.29, 0.717) is 19.3 Å². The van der Waals surface area contributed by atoms with Gasteiger partial charge in [-0.1, -0.05) is 266 Å². The minimum atomic E-state index is -0.762. The van der Waals surface area contributed by atoms with Gasteiger partial charge in [0.1, 0.15) is 13.2 Å². The second-order valence-electron chi connectivity index (χ2n) is 19.6. The second kappa shape index (κ2) is 47.9. The zero-order valence-electron chi connectivity index (χ0n) is 41.8. The summed E-state index contributed by atoms with van der Waals surface area (Å²) in [7, 11) is 0. The summed E-state index contributed by atoms with van der Waals surface area (Å²) in [6, 6.07) is 0. The summed E-state index contributed by atoms with van der Waals surface area (Å²) in [6.07, 6.45) is 49.4. The fourth-order valence-corrected chi connectivity index (χ4v) is 8.31. The van der Waals surface area contributed by atoms with Crippen LogP contribution in [0.4, 0.5) is 0 Å². The first-order valence-electron chi connectivity index (χ1n) is 27.3. The van der Waals surface area contributed by atoms with Crippen LogP contribution >= 0.6 is 0 Å². The largest absolute Gasteiger partial charge is 0.462 e. The molecule has 0 heterocycles. The number of unbranched alkanes of at least 4 members (excludes halogenated alkanes) is 33. The molecule has 0 aliphatic heterocycles. The molecule has 0 rings (SSSR count). The molecule has 0 aliphatic rings. The van der Waals surface area contributed by atoms with Crippen LogP contribution in [0.25, 0.3) is 0 Å². The van der Waals surface area contributed by atoms with E-state index in [4.69, 9.17) is 14.2 Å². The quantitative estimate of drug-likeness (QED) is 0.0344. The molecule has 6 heteroatoms. The average Bonchev–Trinajstić information content (AvgIpc) is 3.24. The smallest absolute Gasteiger partial charge is 0.306 e. The van der Waals surface area contributed by atoms with E-state index >= 15 is 0 Å². The van der Waals surface area contributed by atoms with Crippen molar-refractivity contribution < 1.29 is 28.6 Å². The lowest BCUT2D eigenvalue weighted by atomic mass is 9.99. The van der Waals surface area contributed by atoms with Crippen molar-refractivity contribution in [3.63, 3.8) is 0 Å². The third-order valence-corrected chi connectivity index (χ3v) is 12.8. The molecule has 0 N–H and O–H groups in total. The number of hydrogen-bond acceptors (Lipinski definition) is 6. The molecule has 0 aromatic heterocycles. The molecule has 0 radical (unpaired) electrons. The topological polar surface area (TPSA) is 78.9 Å².